The number of nitrogens with zero attached hydrogens (tertiary/aromatic N) is 1. The maximum atomic E-state index is 10.6. The van der Waals surface area contributed by atoms with Crippen molar-refractivity contribution in [3.8, 4) is 0 Å². The van der Waals surface area contributed by atoms with Gasteiger partial charge < -0.3 is 10.9 Å². The van der Waals surface area contributed by atoms with E-state index >= 15 is 0 Å². The van der Waals surface area contributed by atoms with Crippen molar-refractivity contribution >= 4 is 16.0 Å². The molecule has 8 heteroatoms. The van der Waals surface area contributed by atoms with Gasteiger partial charge >= 0.3 is 0 Å². The quantitative estimate of drug-likeness (QED) is 0.194. The van der Waals surface area contributed by atoms with Crippen molar-refractivity contribution in [3.63, 3.8) is 0 Å². The lowest BCUT2D eigenvalue weighted by molar-refractivity contribution is 0.315. The fourth-order valence-corrected chi connectivity index (χ4v) is 1.46. The Kier molecular flexibility index (Phi) is 4.67. The summed E-state index contributed by atoms with van der Waals surface area (Å²) in [7, 11) is -3.82. The largest absolute Gasteiger partial charge is 0.409 e. The molecule has 0 bridgehead atoms. The highest BCUT2D eigenvalue weighted by molar-refractivity contribution is 7.87. The standard InChI is InChI=1S/C5H14N4O3S/c1-2-3-4(5(6)8-10)9-13(7,11)12/h4,9-10H,2-3H2,1H3,(H2,6,8)(H2,7,11,12). The molecule has 0 amide bonds. The highest BCUT2D eigenvalue weighted by atomic mass is 32.2. The number of hydrogen-bond donors (Lipinski definition) is 4. The molecule has 7 nitrogen and oxygen atoms in total. The molecule has 0 saturated heterocycles. The first-order chi connectivity index (χ1) is 5.90. The SMILES string of the molecule is CCCC(NS(N)(=O)=O)C(N)=NO. The Morgan fingerprint density at radius 2 is 2.23 bits per heavy atom. The highest BCUT2D eigenvalue weighted by Gasteiger charge is 2.17. The summed E-state index contributed by atoms with van der Waals surface area (Å²) in [5.41, 5.74) is 5.23. The van der Waals surface area contributed by atoms with Crippen LogP contribution in [0.1, 0.15) is 19.8 Å². The summed E-state index contributed by atoms with van der Waals surface area (Å²) >= 11 is 0. The average Bonchev–Trinajstić information content (AvgIpc) is 2.00. The predicted octanol–water partition coefficient (Wildman–Crippen LogP) is -1.31. The molecule has 0 aliphatic carbocycles. The Labute approximate surface area is 77.0 Å². The molecule has 0 aromatic rings. The van der Waals surface area contributed by atoms with E-state index in [1.165, 1.54) is 0 Å². The molecule has 78 valence electrons. The summed E-state index contributed by atoms with van der Waals surface area (Å²) in [6.45, 7) is 1.84. The summed E-state index contributed by atoms with van der Waals surface area (Å²) < 4.78 is 23.3. The fourth-order valence-electron chi connectivity index (χ4n) is 0.824. The maximum absolute atomic E-state index is 10.6. The molecular weight excluding hydrogens is 196 g/mol. The Morgan fingerprint density at radius 3 is 2.54 bits per heavy atom. The van der Waals surface area contributed by atoms with Crippen LogP contribution < -0.4 is 15.6 Å². The smallest absolute Gasteiger partial charge is 0.275 e. The topological polar surface area (TPSA) is 131 Å². The first-order valence-electron chi connectivity index (χ1n) is 3.68. The number of amidine groups is 1. The van der Waals surface area contributed by atoms with Gasteiger partial charge in [0, 0.05) is 0 Å². The highest BCUT2D eigenvalue weighted by Crippen LogP contribution is 1.97. The second-order valence-corrected chi connectivity index (χ2v) is 3.85. The van der Waals surface area contributed by atoms with Crippen LogP contribution in [-0.4, -0.2) is 25.5 Å². The van der Waals surface area contributed by atoms with Gasteiger partial charge in [0.1, 0.15) is 0 Å². The van der Waals surface area contributed by atoms with Crippen LogP contribution in [0.25, 0.3) is 0 Å². The van der Waals surface area contributed by atoms with Crippen LogP contribution in [0.5, 0.6) is 0 Å². The molecule has 1 atom stereocenters. The van der Waals surface area contributed by atoms with Crippen molar-refractivity contribution in [2.24, 2.45) is 16.0 Å². The van der Waals surface area contributed by atoms with Crippen LogP contribution in [0.2, 0.25) is 0 Å². The molecule has 0 aromatic carbocycles. The molecule has 0 aliphatic rings. The lowest BCUT2D eigenvalue weighted by Gasteiger charge is -2.13. The Balaban J connectivity index is 4.45. The summed E-state index contributed by atoms with van der Waals surface area (Å²) in [5.74, 6) is -0.198. The zero-order valence-electron chi connectivity index (χ0n) is 7.27. The zero-order chi connectivity index (χ0) is 10.5. The van der Waals surface area contributed by atoms with E-state index in [1.807, 2.05) is 11.6 Å². The minimum absolute atomic E-state index is 0.198. The Morgan fingerprint density at radius 1 is 1.69 bits per heavy atom. The number of hydrogen-bond acceptors (Lipinski definition) is 4. The first-order valence-corrected chi connectivity index (χ1v) is 5.22. The number of nitrogens with two attached hydrogens (primary N) is 2. The Bertz CT molecular complexity index is 274. The van der Waals surface area contributed by atoms with Gasteiger partial charge in [0.15, 0.2) is 5.84 Å². The molecule has 0 aromatic heterocycles. The van der Waals surface area contributed by atoms with Crippen molar-refractivity contribution in [2.75, 3.05) is 0 Å². The van der Waals surface area contributed by atoms with E-state index in [0.717, 1.165) is 0 Å². The van der Waals surface area contributed by atoms with Crippen LogP contribution in [0, 0.1) is 0 Å². The van der Waals surface area contributed by atoms with E-state index in [4.69, 9.17) is 16.1 Å². The van der Waals surface area contributed by atoms with E-state index in [1.54, 1.807) is 0 Å². The fraction of sp³-hybridized carbons (Fsp3) is 0.800. The second-order valence-electron chi connectivity index (χ2n) is 2.53. The van der Waals surface area contributed by atoms with Crippen molar-refractivity contribution in [2.45, 2.75) is 25.8 Å². The average molecular weight is 210 g/mol. The minimum atomic E-state index is -3.82. The number of oxime groups is 1. The third-order valence-electron chi connectivity index (χ3n) is 1.36. The molecule has 0 heterocycles. The van der Waals surface area contributed by atoms with Gasteiger partial charge in [-0.05, 0) is 6.42 Å². The molecule has 0 aliphatic heterocycles. The predicted molar refractivity (Wildman–Crippen MR) is 48.3 cm³/mol. The second kappa shape index (κ2) is 5.00. The van der Waals surface area contributed by atoms with Crippen LogP contribution >= 0.6 is 0 Å². The van der Waals surface area contributed by atoms with Crippen LogP contribution in [0.4, 0.5) is 0 Å². The summed E-state index contributed by atoms with van der Waals surface area (Å²) in [4.78, 5) is 0. The lowest BCUT2D eigenvalue weighted by Crippen LogP contribution is -2.46. The lowest BCUT2D eigenvalue weighted by atomic mass is 10.2. The molecule has 13 heavy (non-hydrogen) atoms. The molecule has 6 N–H and O–H groups in total. The van der Waals surface area contributed by atoms with Gasteiger partial charge in [0.25, 0.3) is 10.2 Å². The third-order valence-corrected chi connectivity index (χ3v) is 1.97. The van der Waals surface area contributed by atoms with Gasteiger partial charge in [0.2, 0.25) is 0 Å². The van der Waals surface area contributed by atoms with E-state index < -0.39 is 16.3 Å². The van der Waals surface area contributed by atoms with Gasteiger partial charge in [-0.15, -0.1) is 0 Å². The zero-order valence-corrected chi connectivity index (χ0v) is 8.08. The maximum Gasteiger partial charge on any atom is 0.275 e. The molecule has 0 rings (SSSR count). The van der Waals surface area contributed by atoms with Crippen molar-refractivity contribution in [1.82, 2.24) is 4.72 Å². The molecular formula is C5H14N4O3S. The first kappa shape index (κ1) is 12.1. The van der Waals surface area contributed by atoms with Gasteiger partial charge in [0.05, 0.1) is 6.04 Å². The van der Waals surface area contributed by atoms with Crippen molar-refractivity contribution < 1.29 is 13.6 Å². The van der Waals surface area contributed by atoms with E-state index in [0.29, 0.717) is 12.8 Å². The monoisotopic (exact) mass is 210 g/mol. The molecule has 1 unspecified atom stereocenters. The molecule has 0 radical (unpaired) electrons. The van der Waals surface area contributed by atoms with Gasteiger partial charge in [-0.3, -0.25) is 0 Å². The summed E-state index contributed by atoms with van der Waals surface area (Å²) in [5, 5.41) is 15.7. The van der Waals surface area contributed by atoms with Crippen LogP contribution in [0.3, 0.4) is 0 Å². The van der Waals surface area contributed by atoms with Crippen molar-refractivity contribution in [1.29, 1.82) is 0 Å². The molecule has 0 fully saturated rings. The summed E-state index contributed by atoms with van der Waals surface area (Å²) in [6.07, 6.45) is 1.11. The third kappa shape index (κ3) is 5.39. The van der Waals surface area contributed by atoms with Crippen molar-refractivity contribution in [3.05, 3.63) is 0 Å². The van der Waals surface area contributed by atoms with Gasteiger partial charge in [-0.1, -0.05) is 18.5 Å². The van der Waals surface area contributed by atoms with Crippen LogP contribution in [-0.2, 0) is 10.2 Å². The minimum Gasteiger partial charge on any atom is -0.409 e. The van der Waals surface area contributed by atoms with Crippen LogP contribution in [0.15, 0.2) is 5.16 Å². The Hall–Kier alpha value is -0.860. The van der Waals surface area contributed by atoms with E-state index in [9.17, 15) is 8.42 Å². The molecule has 0 spiro atoms. The summed E-state index contributed by atoms with van der Waals surface area (Å²) in [6, 6.07) is -0.745. The number of rotatable bonds is 5. The normalized spacial score (nSPS) is 15.7. The van der Waals surface area contributed by atoms with Gasteiger partial charge in [-0.2, -0.15) is 13.1 Å². The number of nitrogens with one attached hydrogen (secondary N) is 1. The van der Waals surface area contributed by atoms with Gasteiger partial charge in [-0.25, -0.2) is 5.14 Å². The van der Waals surface area contributed by atoms with E-state index in [2.05, 4.69) is 5.16 Å². The van der Waals surface area contributed by atoms with E-state index in [-0.39, 0.29) is 5.84 Å². The molecule has 0 saturated carbocycles.